The van der Waals surface area contributed by atoms with E-state index in [0.717, 1.165) is 5.06 Å². The van der Waals surface area contributed by atoms with Crippen molar-refractivity contribution in [2.75, 3.05) is 20.3 Å². The van der Waals surface area contributed by atoms with Crippen LogP contribution in [0.15, 0.2) is 24.3 Å². The molecule has 17 heavy (non-hydrogen) atoms. The number of hydroxylamine groups is 2. The molecule has 92 valence electrons. The number of carbonyl (C=O) groups excluding carboxylic acids is 1. The Hall–Kier alpha value is -2.02. The van der Waals surface area contributed by atoms with E-state index in [1.165, 1.54) is 31.3 Å². The van der Waals surface area contributed by atoms with E-state index in [0.29, 0.717) is 0 Å². The lowest BCUT2D eigenvalue weighted by Crippen LogP contribution is -2.27. The number of amides is 1. The number of benzene rings is 1. The van der Waals surface area contributed by atoms with Crippen LogP contribution in [0.5, 0.6) is 0 Å². The van der Waals surface area contributed by atoms with Gasteiger partial charge in [-0.1, -0.05) is 0 Å². The molecule has 0 atom stereocenters. The van der Waals surface area contributed by atoms with Gasteiger partial charge in [0, 0.05) is 24.7 Å². The molecule has 0 aromatic heterocycles. The molecule has 0 N–H and O–H groups in total. The number of alkyl halides is 1. The minimum atomic E-state index is -0.697. The fraction of sp³-hybridized carbons (Fsp3) is 0.300. The summed E-state index contributed by atoms with van der Waals surface area (Å²) in [7, 11) is 1.35. The Morgan fingerprint density at radius 3 is 2.53 bits per heavy atom. The van der Waals surface area contributed by atoms with Gasteiger partial charge in [-0.3, -0.25) is 19.7 Å². The molecule has 0 fully saturated rings. The molecule has 1 rings (SSSR count). The number of nitro groups is 1. The first kappa shape index (κ1) is 13.0. The molecule has 0 heterocycles. The van der Waals surface area contributed by atoms with Crippen LogP contribution in [-0.2, 0) is 4.84 Å². The third-order valence-corrected chi connectivity index (χ3v) is 1.97. The number of halogens is 1. The summed E-state index contributed by atoms with van der Waals surface area (Å²) in [5, 5.41) is 11.3. The molecule has 0 aliphatic carbocycles. The average Bonchev–Trinajstić information content (AvgIpc) is 2.35. The smallest absolute Gasteiger partial charge is 0.268 e. The summed E-state index contributed by atoms with van der Waals surface area (Å²) in [5.74, 6) is -0.492. The second kappa shape index (κ2) is 5.90. The fourth-order valence-corrected chi connectivity index (χ4v) is 1.14. The third-order valence-electron chi connectivity index (χ3n) is 1.97. The number of non-ortho nitro benzene ring substituents is 1. The van der Waals surface area contributed by atoms with Crippen LogP contribution < -0.4 is 0 Å². The molecular weight excluding hydrogens is 231 g/mol. The van der Waals surface area contributed by atoms with Crippen LogP contribution in [0.25, 0.3) is 0 Å². The Labute approximate surface area is 96.7 Å². The number of nitrogens with zero attached hydrogens (tertiary/aromatic N) is 2. The van der Waals surface area contributed by atoms with E-state index >= 15 is 0 Å². The fourth-order valence-electron chi connectivity index (χ4n) is 1.14. The zero-order valence-electron chi connectivity index (χ0n) is 9.13. The summed E-state index contributed by atoms with van der Waals surface area (Å²) < 4.78 is 11.8. The van der Waals surface area contributed by atoms with Gasteiger partial charge in [0.15, 0.2) is 0 Å². The van der Waals surface area contributed by atoms with Crippen molar-refractivity contribution in [2.45, 2.75) is 0 Å². The summed E-state index contributed by atoms with van der Waals surface area (Å²) in [6, 6.07) is 5.07. The van der Waals surface area contributed by atoms with Crippen molar-refractivity contribution in [3.63, 3.8) is 0 Å². The van der Waals surface area contributed by atoms with Crippen LogP contribution in [0.4, 0.5) is 10.1 Å². The average molecular weight is 242 g/mol. The van der Waals surface area contributed by atoms with Crippen molar-refractivity contribution < 1.29 is 18.9 Å². The highest BCUT2D eigenvalue weighted by Crippen LogP contribution is 2.13. The molecule has 0 saturated carbocycles. The molecular formula is C10H11FN2O4. The molecule has 7 heteroatoms. The van der Waals surface area contributed by atoms with E-state index in [1.807, 2.05) is 0 Å². The molecule has 0 bridgehead atoms. The number of rotatable bonds is 5. The van der Waals surface area contributed by atoms with Gasteiger partial charge >= 0.3 is 0 Å². The van der Waals surface area contributed by atoms with Crippen LogP contribution in [0.1, 0.15) is 10.4 Å². The molecule has 1 aromatic carbocycles. The standard InChI is InChI=1S/C10H11FN2O4/c1-12(17-7-6-11)10(14)8-2-4-9(5-3-8)13(15)16/h2-5H,6-7H2,1H3. The van der Waals surface area contributed by atoms with Crippen molar-refractivity contribution in [1.82, 2.24) is 5.06 Å². The predicted molar refractivity (Wildman–Crippen MR) is 57.1 cm³/mol. The molecule has 1 amide bonds. The molecule has 0 aliphatic rings. The number of hydrogen-bond donors (Lipinski definition) is 0. The normalized spacial score (nSPS) is 10.0. The Morgan fingerprint density at radius 1 is 1.47 bits per heavy atom. The van der Waals surface area contributed by atoms with Gasteiger partial charge < -0.3 is 0 Å². The lowest BCUT2D eigenvalue weighted by Gasteiger charge is -2.15. The first-order chi connectivity index (χ1) is 8.06. The highest BCUT2D eigenvalue weighted by atomic mass is 19.1. The van der Waals surface area contributed by atoms with Gasteiger partial charge in [-0.15, -0.1) is 0 Å². The number of nitro benzene ring substituents is 1. The van der Waals surface area contributed by atoms with Gasteiger partial charge in [-0.2, -0.15) is 0 Å². The van der Waals surface area contributed by atoms with Crippen LogP contribution in [-0.4, -0.2) is 36.2 Å². The van der Waals surface area contributed by atoms with E-state index in [1.54, 1.807) is 0 Å². The van der Waals surface area contributed by atoms with Gasteiger partial charge in [0.05, 0.1) is 4.92 Å². The second-order valence-corrected chi connectivity index (χ2v) is 3.13. The number of hydrogen-bond acceptors (Lipinski definition) is 4. The van der Waals surface area contributed by atoms with Crippen LogP contribution in [0.2, 0.25) is 0 Å². The largest absolute Gasteiger partial charge is 0.277 e. The Morgan fingerprint density at radius 2 is 2.06 bits per heavy atom. The van der Waals surface area contributed by atoms with E-state index in [2.05, 4.69) is 0 Å². The zero-order valence-corrected chi connectivity index (χ0v) is 9.13. The molecule has 1 aromatic rings. The first-order valence-corrected chi connectivity index (χ1v) is 4.77. The lowest BCUT2D eigenvalue weighted by molar-refractivity contribution is -0.384. The van der Waals surface area contributed by atoms with Gasteiger partial charge in [-0.05, 0) is 12.1 Å². The van der Waals surface area contributed by atoms with E-state index in [-0.39, 0.29) is 17.9 Å². The van der Waals surface area contributed by atoms with E-state index < -0.39 is 17.5 Å². The summed E-state index contributed by atoms with van der Waals surface area (Å²) in [4.78, 5) is 26.2. The van der Waals surface area contributed by atoms with Crippen molar-refractivity contribution in [1.29, 1.82) is 0 Å². The SMILES string of the molecule is CN(OCCF)C(=O)c1ccc([N+](=O)[O-])cc1. The third kappa shape index (κ3) is 3.49. The maximum absolute atomic E-state index is 11.8. The summed E-state index contributed by atoms with van der Waals surface area (Å²) in [6.45, 7) is -0.910. The summed E-state index contributed by atoms with van der Waals surface area (Å²) >= 11 is 0. The van der Waals surface area contributed by atoms with Crippen molar-refractivity contribution in [3.05, 3.63) is 39.9 Å². The topological polar surface area (TPSA) is 72.7 Å². The van der Waals surface area contributed by atoms with Crippen molar-refractivity contribution in [3.8, 4) is 0 Å². The molecule has 6 nitrogen and oxygen atoms in total. The van der Waals surface area contributed by atoms with Crippen molar-refractivity contribution >= 4 is 11.6 Å². The maximum atomic E-state index is 11.8. The monoisotopic (exact) mass is 242 g/mol. The molecule has 0 saturated heterocycles. The van der Waals surface area contributed by atoms with Crippen molar-refractivity contribution in [2.24, 2.45) is 0 Å². The Kier molecular flexibility index (Phi) is 4.53. The Bertz CT molecular complexity index is 407. The maximum Gasteiger partial charge on any atom is 0.277 e. The lowest BCUT2D eigenvalue weighted by atomic mass is 10.2. The number of carbonyl (C=O) groups is 1. The van der Waals surface area contributed by atoms with Gasteiger partial charge in [-0.25, -0.2) is 9.45 Å². The second-order valence-electron chi connectivity index (χ2n) is 3.13. The summed E-state index contributed by atoms with van der Waals surface area (Å²) in [6.07, 6.45) is 0. The molecule has 0 spiro atoms. The zero-order chi connectivity index (χ0) is 12.8. The molecule has 0 aliphatic heterocycles. The Balaban J connectivity index is 2.72. The van der Waals surface area contributed by atoms with Crippen LogP contribution >= 0.6 is 0 Å². The van der Waals surface area contributed by atoms with E-state index in [9.17, 15) is 19.3 Å². The summed E-state index contributed by atoms with van der Waals surface area (Å²) in [5.41, 5.74) is 0.130. The van der Waals surface area contributed by atoms with Crippen LogP contribution in [0.3, 0.4) is 0 Å². The van der Waals surface area contributed by atoms with Gasteiger partial charge in [0.1, 0.15) is 13.3 Å². The minimum Gasteiger partial charge on any atom is -0.268 e. The molecule has 0 radical (unpaired) electrons. The van der Waals surface area contributed by atoms with Gasteiger partial charge in [0.25, 0.3) is 11.6 Å². The van der Waals surface area contributed by atoms with Crippen LogP contribution in [0, 0.1) is 10.1 Å². The van der Waals surface area contributed by atoms with E-state index in [4.69, 9.17) is 4.84 Å². The highest BCUT2D eigenvalue weighted by Gasteiger charge is 2.13. The first-order valence-electron chi connectivity index (χ1n) is 4.77. The predicted octanol–water partition coefficient (Wildman–Crippen LogP) is 1.57. The quantitative estimate of drug-likeness (QED) is 0.580. The highest BCUT2D eigenvalue weighted by molar-refractivity contribution is 5.93. The van der Waals surface area contributed by atoms with Gasteiger partial charge in [0.2, 0.25) is 0 Å². The molecule has 0 unspecified atom stereocenters. The minimum absolute atomic E-state index is 0.103.